The first kappa shape index (κ1) is 14.3. The van der Waals surface area contributed by atoms with E-state index >= 15 is 0 Å². The summed E-state index contributed by atoms with van der Waals surface area (Å²) in [6, 6.07) is 5.03. The van der Waals surface area contributed by atoms with Gasteiger partial charge >= 0.3 is 0 Å². The van der Waals surface area contributed by atoms with Gasteiger partial charge in [-0.1, -0.05) is 5.16 Å². The fourth-order valence-electron chi connectivity index (χ4n) is 2.54. The van der Waals surface area contributed by atoms with Crippen molar-refractivity contribution in [1.29, 1.82) is 0 Å². The summed E-state index contributed by atoms with van der Waals surface area (Å²) in [5.74, 6) is 1.17. The molecule has 1 fully saturated rings. The van der Waals surface area contributed by atoms with Gasteiger partial charge in [0.05, 0.1) is 24.5 Å². The molecular formula is C13H17N3O4S. The Labute approximate surface area is 123 Å². The second-order valence-electron chi connectivity index (χ2n) is 5.04. The van der Waals surface area contributed by atoms with Crippen LogP contribution in [0.5, 0.6) is 0 Å². The number of aromatic nitrogens is 1. The molecule has 114 valence electrons. The van der Waals surface area contributed by atoms with E-state index < -0.39 is 10.2 Å². The summed E-state index contributed by atoms with van der Waals surface area (Å²) >= 11 is 0. The first-order chi connectivity index (χ1) is 10.1. The van der Waals surface area contributed by atoms with E-state index in [9.17, 15) is 8.42 Å². The predicted molar refractivity (Wildman–Crippen MR) is 74.4 cm³/mol. The Kier molecular flexibility index (Phi) is 3.83. The quantitative estimate of drug-likeness (QED) is 0.908. The molecule has 3 heterocycles. The molecule has 0 bridgehead atoms. The summed E-state index contributed by atoms with van der Waals surface area (Å²) in [5.41, 5.74) is 0.721. The van der Waals surface area contributed by atoms with E-state index in [4.69, 9.17) is 8.94 Å². The van der Waals surface area contributed by atoms with Gasteiger partial charge in [0.15, 0.2) is 5.76 Å². The van der Waals surface area contributed by atoms with Gasteiger partial charge in [-0.2, -0.15) is 17.4 Å². The molecular weight excluding hydrogens is 294 g/mol. The number of aryl methyl sites for hydroxylation is 1. The van der Waals surface area contributed by atoms with Crippen molar-refractivity contribution in [2.45, 2.75) is 32.4 Å². The molecule has 0 aromatic carbocycles. The van der Waals surface area contributed by atoms with E-state index in [-0.39, 0.29) is 12.6 Å². The van der Waals surface area contributed by atoms with Gasteiger partial charge in [-0.25, -0.2) is 0 Å². The zero-order valence-corrected chi connectivity index (χ0v) is 12.5. The Bertz CT molecular complexity index is 693. The maximum atomic E-state index is 12.4. The van der Waals surface area contributed by atoms with Gasteiger partial charge in [-0.15, -0.1) is 0 Å². The molecule has 1 aliphatic heterocycles. The van der Waals surface area contributed by atoms with Crippen LogP contribution in [-0.4, -0.2) is 24.4 Å². The maximum Gasteiger partial charge on any atom is 0.280 e. The fraction of sp³-hybridized carbons (Fsp3) is 0.462. The molecule has 1 N–H and O–H groups in total. The molecule has 0 spiro atoms. The van der Waals surface area contributed by atoms with Crippen LogP contribution in [0, 0.1) is 6.92 Å². The van der Waals surface area contributed by atoms with Crippen molar-refractivity contribution in [3.8, 4) is 0 Å². The molecule has 1 atom stereocenters. The number of nitrogens with one attached hydrogen (secondary N) is 1. The molecule has 0 amide bonds. The minimum atomic E-state index is -3.59. The van der Waals surface area contributed by atoms with E-state index in [0.717, 1.165) is 18.5 Å². The minimum absolute atomic E-state index is 0.0878. The fourth-order valence-corrected chi connectivity index (χ4v) is 3.94. The number of hydrogen-bond acceptors (Lipinski definition) is 5. The summed E-state index contributed by atoms with van der Waals surface area (Å²) in [4.78, 5) is 0. The lowest BCUT2D eigenvalue weighted by molar-refractivity contribution is 0.332. The Hall–Kier alpha value is -1.64. The highest BCUT2D eigenvalue weighted by molar-refractivity contribution is 7.87. The molecule has 0 aliphatic carbocycles. The average Bonchev–Trinajstić information content (AvgIpc) is 3.17. The van der Waals surface area contributed by atoms with Gasteiger partial charge in [0, 0.05) is 12.6 Å². The van der Waals surface area contributed by atoms with Gasteiger partial charge in [0.2, 0.25) is 0 Å². The van der Waals surface area contributed by atoms with Crippen molar-refractivity contribution < 1.29 is 17.4 Å². The van der Waals surface area contributed by atoms with Gasteiger partial charge < -0.3 is 8.94 Å². The third kappa shape index (κ3) is 3.02. The molecule has 0 radical (unpaired) electrons. The number of hydrogen-bond donors (Lipinski definition) is 1. The van der Waals surface area contributed by atoms with Crippen LogP contribution in [0.2, 0.25) is 0 Å². The van der Waals surface area contributed by atoms with Gasteiger partial charge in [-0.05, 0) is 31.9 Å². The molecule has 1 saturated heterocycles. The second-order valence-corrected chi connectivity index (χ2v) is 6.75. The van der Waals surface area contributed by atoms with Crippen molar-refractivity contribution in [3.05, 3.63) is 41.7 Å². The summed E-state index contributed by atoms with van der Waals surface area (Å²) < 4.78 is 39.2. The summed E-state index contributed by atoms with van der Waals surface area (Å²) in [5, 5.41) is 3.73. The Morgan fingerprint density at radius 3 is 3.05 bits per heavy atom. The lowest BCUT2D eigenvalue weighted by Gasteiger charge is -2.22. The van der Waals surface area contributed by atoms with Crippen LogP contribution < -0.4 is 4.72 Å². The standard InChI is InChI=1S/C13H17N3O4S/c1-10-8-11(20-15-10)9-14-21(17,18)16-6-2-4-12(16)13-5-3-7-19-13/h3,5,7-8,12,14H,2,4,6,9H2,1H3/t12-/m1/s1. The number of rotatable bonds is 5. The first-order valence-corrected chi connectivity index (χ1v) is 8.22. The van der Waals surface area contributed by atoms with Crippen molar-refractivity contribution in [2.75, 3.05) is 6.54 Å². The summed E-state index contributed by atoms with van der Waals surface area (Å²) in [6.07, 6.45) is 3.13. The molecule has 21 heavy (non-hydrogen) atoms. The van der Waals surface area contributed by atoms with Crippen LogP contribution in [0.3, 0.4) is 0 Å². The van der Waals surface area contributed by atoms with Gasteiger partial charge in [-0.3, -0.25) is 0 Å². The Balaban J connectivity index is 1.71. The molecule has 1 aliphatic rings. The summed E-state index contributed by atoms with van der Waals surface area (Å²) in [7, 11) is -3.59. The van der Waals surface area contributed by atoms with Crippen LogP contribution >= 0.6 is 0 Å². The molecule has 2 aromatic rings. The van der Waals surface area contributed by atoms with Crippen molar-refractivity contribution in [1.82, 2.24) is 14.2 Å². The zero-order valence-electron chi connectivity index (χ0n) is 11.7. The SMILES string of the molecule is Cc1cc(CNS(=O)(=O)N2CCC[C@@H]2c2ccco2)on1. The molecule has 8 heteroatoms. The first-order valence-electron chi connectivity index (χ1n) is 6.78. The van der Waals surface area contributed by atoms with E-state index in [1.807, 2.05) is 0 Å². The van der Waals surface area contributed by atoms with Crippen LogP contribution in [0.25, 0.3) is 0 Å². The summed E-state index contributed by atoms with van der Waals surface area (Å²) in [6.45, 7) is 2.36. The van der Waals surface area contributed by atoms with Crippen molar-refractivity contribution in [3.63, 3.8) is 0 Å². The molecule has 3 rings (SSSR count). The van der Waals surface area contributed by atoms with E-state index in [1.54, 1.807) is 31.4 Å². The molecule has 7 nitrogen and oxygen atoms in total. The van der Waals surface area contributed by atoms with Gasteiger partial charge in [0.1, 0.15) is 5.76 Å². The lowest BCUT2D eigenvalue weighted by Crippen LogP contribution is -2.39. The average molecular weight is 311 g/mol. The monoisotopic (exact) mass is 311 g/mol. The second kappa shape index (κ2) is 5.63. The van der Waals surface area contributed by atoms with E-state index in [1.165, 1.54) is 4.31 Å². The third-order valence-electron chi connectivity index (χ3n) is 3.49. The maximum absolute atomic E-state index is 12.4. The third-order valence-corrected chi connectivity index (χ3v) is 5.05. The highest BCUT2D eigenvalue weighted by Gasteiger charge is 2.36. The van der Waals surface area contributed by atoms with E-state index in [2.05, 4.69) is 9.88 Å². The molecule has 0 unspecified atom stereocenters. The predicted octanol–water partition coefficient (Wildman–Crippen LogP) is 1.75. The van der Waals surface area contributed by atoms with Gasteiger partial charge in [0.25, 0.3) is 10.2 Å². The van der Waals surface area contributed by atoms with Crippen LogP contribution in [-0.2, 0) is 16.8 Å². The van der Waals surface area contributed by atoms with Crippen LogP contribution in [0.15, 0.2) is 33.4 Å². The number of nitrogens with zero attached hydrogens (tertiary/aromatic N) is 2. The lowest BCUT2D eigenvalue weighted by atomic mass is 10.2. The van der Waals surface area contributed by atoms with E-state index in [0.29, 0.717) is 18.1 Å². The molecule has 2 aromatic heterocycles. The largest absolute Gasteiger partial charge is 0.468 e. The van der Waals surface area contributed by atoms with Crippen LogP contribution in [0.1, 0.15) is 36.1 Å². The minimum Gasteiger partial charge on any atom is -0.468 e. The topological polar surface area (TPSA) is 88.6 Å². The highest BCUT2D eigenvalue weighted by Crippen LogP contribution is 2.33. The number of furan rings is 1. The zero-order chi connectivity index (χ0) is 14.9. The van der Waals surface area contributed by atoms with Crippen molar-refractivity contribution in [2.24, 2.45) is 0 Å². The molecule has 0 saturated carbocycles. The van der Waals surface area contributed by atoms with Crippen LogP contribution in [0.4, 0.5) is 0 Å². The highest BCUT2D eigenvalue weighted by atomic mass is 32.2. The Morgan fingerprint density at radius 2 is 2.38 bits per heavy atom. The smallest absolute Gasteiger partial charge is 0.280 e. The van der Waals surface area contributed by atoms with Crippen molar-refractivity contribution >= 4 is 10.2 Å². The Morgan fingerprint density at radius 1 is 1.52 bits per heavy atom. The normalized spacial score (nSPS) is 20.1.